The fraction of sp³-hybridized carbons (Fsp3) is 0.417. The molecular weight excluding hydrogens is 234 g/mol. The molecular formula is C12H17N3O3. The number of aromatic nitrogens is 1. The molecule has 0 radical (unpaired) electrons. The summed E-state index contributed by atoms with van der Waals surface area (Å²) < 4.78 is 0. The number of nitrogens with one attached hydrogen (secondary N) is 3. The normalized spacial score (nSPS) is 12.0. The Morgan fingerprint density at radius 3 is 2.44 bits per heavy atom. The van der Waals surface area contributed by atoms with Crippen molar-refractivity contribution in [3.8, 4) is 0 Å². The molecule has 6 nitrogen and oxygen atoms in total. The fourth-order valence-corrected chi connectivity index (χ4v) is 1.34. The highest BCUT2D eigenvalue weighted by Crippen LogP contribution is 1.92. The largest absolute Gasteiger partial charge is 0.367 e. The van der Waals surface area contributed by atoms with E-state index in [4.69, 9.17) is 0 Å². The second-order valence-corrected chi connectivity index (χ2v) is 4.28. The van der Waals surface area contributed by atoms with Gasteiger partial charge < -0.3 is 15.6 Å². The summed E-state index contributed by atoms with van der Waals surface area (Å²) in [5.74, 6) is -0.853. The summed E-state index contributed by atoms with van der Waals surface area (Å²) in [4.78, 5) is 37.4. The van der Waals surface area contributed by atoms with Crippen molar-refractivity contribution in [1.29, 1.82) is 0 Å². The van der Waals surface area contributed by atoms with E-state index in [0.717, 1.165) is 0 Å². The molecule has 1 atom stereocenters. The minimum Gasteiger partial charge on any atom is -0.367 e. The quantitative estimate of drug-likeness (QED) is 0.704. The Bertz CT molecular complexity index is 493. The van der Waals surface area contributed by atoms with Crippen LogP contribution in [0.4, 0.5) is 0 Å². The van der Waals surface area contributed by atoms with Crippen molar-refractivity contribution in [1.82, 2.24) is 15.6 Å². The maximum atomic E-state index is 11.8. The zero-order valence-corrected chi connectivity index (χ0v) is 10.6. The van der Waals surface area contributed by atoms with Gasteiger partial charge in [-0.2, -0.15) is 0 Å². The van der Waals surface area contributed by atoms with Gasteiger partial charge in [-0.05, 0) is 20.8 Å². The lowest BCUT2D eigenvalue weighted by Crippen LogP contribution is -2.47. The summed E-state index contributed by atoms with van der Waals surface area (Å²) in [6.07, 6.45) is 2.75. The summed E-state index contributed by atoms with van der Waals surface area (Å²) >= 11 is 0. The Labute approximate surface area is 105 Å². The highest BCUT2D eigenvalue weighted by atomic mass is 16.2. The van der Waals surface area contributed by atoms with Crippen LogP contribution in [0.1, 0.15) is 31.1 Å². The van der Waals surface area contributed by atoms with Gasteiger partial charge in [0.2, 0.25) is 5.91 Å². The van der Waals surface area contributed by atoms with Crippen molar-refractivity contribution in [2.24, 2.45) is 0 Å². The Morgan fingerprint density at radius 2 is 1.89 bits per heavy atom. The fourth-order valence-electron chi connectivity index (χ4n) is 1.34. The number of pyridine rings is 1. The molecule has 3 N–H and O–H groups in total. The van der Waals surface area contributed by atoms with Crippen molar-refractivity contribution in [3.63, 3.8) is 0 Å². The predicted octanol–water partition coefficient (Wildman–Crippen LogP) is 0.0178. The van der Waals surface area contributed by atoms with Crippen LogP contribution >= 0.6 is 0 Å². The van der Waals surface area contributed by atoms with Crippen molar-refractivity contribution >= 4 is 11.8 Å². The molecule has 1 unspecified atom stereocenters. The van der Waals surface area contributed by atoms with E-state index in [1.54, 1.807) is 6.92 Å². The van der Waals surface area contributed by atoms with Gasteiger partial charge in [0.05, 0.1) is 0 Å². The van der Waals surface area contributed by atoms with Gasteiger partial charge in [-0.15, -0.1) is 0 Å². The second kappa shape index (κ2) is 6.00. The third-order valence-electron chi connectivity index (χ3n) is 2.24. The number of rotatable bonds is 4. The minimum absolute atomic E-state index is 0.00280. The van der Waals surface area contributed by atoms with Crippen molar-refractivity contribution < 1.29 is 9.59 Å². The number of hydrogen-bond donors (Lipinski definition) is 3. The molecule has 0 saturated heterocycles. The molecule has 2 amide bonds. The molecule has 1 aromatic rings. The number of carbonyl (C=O) groups is 2. The zero-order chi connectivity index (χ0) is 13.7. The van der Waals surface area contributed by atoms with E-state index in [0.29, 0.717) is 0 Å². The van der Waals surface area contributed by atoms with Crippen molar-refractivity contribution in [2.45, 2.75) is 32.9 Å². The van der Waals surface area contributed by atoms with Crippen LogP contribution in [0.15, 0.2) is 23.3 Å². The van der Waals surface area contributed by atoms with Crippen molar-refractivity contribution in [3.05, 3.63) is 34.2 Å². The minimum atomic E-state index is -0.695. The molecule has 0 spiro atoms. The van der Waals surface area contributed by atoms with Crippen LogP contribution in [-0.4, -0.2) is 28.9 Å². The molecule has 6 heteroatoms. The molecule has 0 fully saturated rings. The lowest BCUT2D eigenvalue weighted by atomic mass is 10.2. The maximum absolute atomic E-state index is 11.8. The molecule has 1 heterocycles. The summed E-state index contributed by atoms with van der Waals surface area (Å²) in [7, 11) is 0. The first-order chi connectivity index (χ1) is 8.41. The molecule has 98 valence electrons. The van der Waals surface area contributed by atoms with E-state index in [1.807, 2.05) is 13.8 Å². The topological polar surface area (TPSA) is 91.1 Å². The first kappa shape index (κ1) is 14.0. The van der Waals surface area contributed by atoms with Crippen LogP contribution in [-0.2, 0) is 4.79 Å². The van der Waals surface area contributed by atoms with E-state index in [2.05, 4.69) is 15.6 Å². The predicted molar refractivity (Wildman–Crippen MR) is 67.3 cm³/mol. The van der Waals surface area contributed by atoms with E-state index in [1.165, 1.54) is 18.5 Å². The van der Waals surface area contributed by atoms with E-state index in [9.17, 15) is 14.4 Å². The maximum Gasteiger partial charge on any atom is 0.257 e. The number of carbonyl (C=O) groups excluding carboxylic acids is 2. The summed E-state index contributed by atoms with van der Waals surface area (Å²) in [6, 6.07) is 0.560. The van der Waals surface area contributed by atoms with Crippen LogP contribution in [0.25, 0.3) is 0 Å². The zero-order valence-electron chi connectivity index (χ0n) is 10.6. The summed E-state index contributed by atoms with van der Waals surface area (Å²) in [5.41, 5.74) is -0.399. The Morgan fingerprint density at radius 1 is 1.22 bits per heavy atom. The van der Waals surface area contributed by atoms with Crippen LogP contribution in [0.3, 0.4) is 0 Å². The Balaban J connectivity index is 2.68. The smallest absolute Gasteiger partial charge is 0.257 e. The summed E-state index contributed by atoms with van der Waals surface area (Å²) in [6.45, 7) is 5.22. The first-order valence-corrected chi connectivity index (χ1v) is 5.70. The van der Waals surface area contributed by atoms with Gasteiger partial charge in [0.25, 0.3) is 5.91 Å². The van der Waals surface area contributed by atoms with Crippen LogP contribution in [0.2, 0.25) is 0 Å². The van der Waals surface area contributed by atoms with E-state index >= 15 is 0 Å². The number of aromatic amines is 1. The van der Waals surface area contributed by atoms with Gasteiger partial charge >= 0.3 is 0 Å². The Kier molecular flexibility index (Phi) is 4.65. The van der Waals surface area contributed by atoms with Gasteiger partial charge in [-0.25, -0.2) is 0 Å². The van der Waals surface area contributed by atoms with Gasteiger partial charge in [0, 0.05) is 24.5 Å². The molecule has 1 rings (SSSR count). The molecule has 18 heavy (non-hydrogen) atoms. The van der Waals surface area contributed by atoms with Gasteiger partial charge in [0.1, 0.15) is 11.6 Å². The molecule has 1 aromatic heterocycles. The standard InChI is InChI=1S/C12H17N3O3/c1-7(2)14-11(17)8(3)15-12(18)9-6-13-5-4-10(9)16/h4-8H,1-3H3,(H,13,16)(H,14,17)(H,15,18). The molecule has 0 aliphatic heterocycles. The molecule has 0 bridgehead atoms. The third kappa shape index (κ3) is 3.73. The van der Waals surface area contributed by atoms with Crippen LogP contribution in [0, 0.1) is 0 Å². The summed E-state index contributed by atoms with van der Waals surface area (Å²) in [5, 5.41) is 5.15. The molecule has 0 aliphatic rings. The average Bonchev–Trinajstić information content (AvgIpc) is 2.28. The highest BCUT2D eigenvalue weighted by molar-refractivity contribution is 5.97. The van der Waals surface area contributed by atoms with Crippen molar-refractivity contribution in [2.75, 3.05) is 0 Å². The number of hydrogen-bond acceptors (Lipinski definition) is 3. The second-order valence-electron chi connectivity index (χ2n) is 4.28. The third-order valence-corrected chi connectivity index (χ3v) is 2.24. The average molecular weight is 251 g/mol. The highest BCUT2D eigenvalue weighted by Gasteiger charge is 2.18. The number of H-pyrrole nitrogens is 1. The molecule has 0 saturated carbocycles. The molecule has 0 aromatic carbocycles. The lowest BCUT2D eigenvalue weighted by molar-refractivity contribution is -0.123. The number of amides is 2. The Hall–Kier alpha value is -2.11. The van der Waals surface area contributed by atoms with Gasteiger partial charge in [-0.1, -0.05) is 0 Å². The van der Waals surface area contributed by atoms with E-state index < -0.39 is 11.9 Å². The van der Waals surface area contributed by atoms with Gasteiger partial charge in [-0.3, -0.25) is 14.4 Å². The first-order valence-electron chi connectivity index (χ1n) is 5.70. The SMILES string of the molecule is CC(C)NC(=O)C(C)NC(=O)c1c[nH]ccc1=O. The van der Waals surface area contributed by atoms with Gasteiger partial charge in [0.15, 0.2) is 5.43 Å². The van der Waals surface area contributed by atoms with Crippen LogP contribution in [0.5, 0.6) is 0 Å². The monoisotopic (exact) mass is 251 g/mol. The van der Waals surface area contributed by atoms with Crippen LogP contribution < -0.4 is 16.1 Å². The molecule has 0 aliphatic carbocycles. The lowest BCUT2D eigenvalue weighted by Gasteiger charge is -2.15. The van der Waals surface area contributed by atoms with E-state index in [-0.39, 0.29) is 22.9 Å².